The molecule has 1 atom stereocenters. The molecule has 2 fully saturated rings. The summed E-state index contributed by atoms with van der Waals surface area (Å²) in [5.41, 5.74) is 6.21. The Kier molecular flexibility index (Phi) is 4.31. The van der Waals surface area contributed by atoms with E-state index >= 15 is 0 Å². The first-order valence-electron chi connectivity index (χ1n) is 9.85. The quantitative estimate of drug-likeness (QED) is 0.570. The summed E-state index contributed by atoms with van der Waals surface area (Å²) in [7, 11) is 0. The van der Waals surface area contributed by atoms with Crippen LogP contribution in [0.2, 0.25) is 0 Å². The zero-order chi connectivity index (χ0) is 18.4. The highest BCUT2D eigenvalue weighted by atomic mass is 79.9. The number of anilines is 2. The van der Waals surface area contributed by atoms with Gasteiger partial charge in [0.15, 0.2) is 0 Å². The van der Waals surface area contributed by atoms with Gasteiger partial charge in [0.25, 0.3) is 0 Å². The van der Waals surface area contributed by atoms with Gasteiger partial charge in [-0.25, -0.2) is 0 Å². The number of nitrogens with one attached hydrogen (secondary N) is 1. The number of fused-ring (bicyclic) bond motifs is 1. The smallest absolute Gasteiger partial charge is 0.0868 e. The SMILES string of the molecule is Cc1cccc(N2CCC(Nc3cc(C4CC4)nc4c(Br)cccc34)C2)c1. The highest BCUT2D eigenvalue weighted by Crippen LogP contribution is 2.42. The lowest BCUT2D eigenvalue weighted by atomic mass is 10.1. The molecule has 3 nitrogen and oxygen atoms in total. The molecule has 0 bridgehead atoms. The lowest BCUT2D eigenvalue weighted by Crippen LogP contribution is -2.26. The van der Waals surface area contributed by atoms with E-state index in [9.17, 15) is 0 Å². The van der Waals surface area contributed by atoms with Gasteiger partial charge < -0.3 is 10.2 Å². The van der Waals surface area contributed by atoms with Crippen LogP contribution in [0.25, 0.3) is 10.9 Å². The van der Waals surface area contributed by atoms with Gasteiger partial charge >= 0.3 is 0 Å². The van der Waals surface area contributed by atoms with Gasteiger partial charge in [0, 0.05) is 52.0 Å². The molecule has 4 heteroatoms. The Hall–Kier alpha value is -2.07. The van der Waals surface area contributed by atoms with Crippen LogP contribution in [0, 0.1) is 6.92 Å². The molecular weight excluding hydrogens is 398 g/mol. The third-order valence-electron chi connectivity index (χ3n) is 5.72. The first kappa shape index (κ1) is 17.1. The number of aromatic nitrogens is 1. The van der Waals surface area contributed by atoms with Gasteiger partial charge in [-0.2, -0.15) is 0 Å². The van der Waals surface area contributed by atoms with E-state index in [1.54, 1.807) is 0 Å². The van der Waals surface area contributed by atoms with Gasteiger partial charge in [-0.15, -0.1) is 0 Å². The average molecular weight is 422 g/mol. The number of halogens is 1. The molecule has 1 N–H and O–H groups in total. The summed E-state index contributed by atoms with van der Waals surface area (Å²) < 4.78 is 1.08. The monoisotopic (exact) mass is 421 g/mol. The molecule has 0 spiro atoms. The van der Waals surface area contributed by atoms with Crippen LogP contribution in [0.4, 0.5) is 11.4 Å². The minimum Gasteiger partial charge on any atom is -0.380 e. The molecule has 5 rings (SSSR count). The van der Waals surface area contributed by atoms with Crippen molar-refractivity contribution >= 4 is 38.2 Å². The zero-order valence-electron chi connectivity index (χ0n) is 15.6. The predicted octanol–water partition coefficient (Wildman–Crippen LogP) is 5.87. The summed E-state index contributed by atoms with van der Waals surface area (Å²) in [4.78, 5) is 7.44. The predicted molar refractivity (Wildman–Crippen MR) is 117 cm³/mol. The van der Waals surface area contributed by atoms with E-state index in [0.29, 0.717) is 12.0 Å². The second-order valence-electron chi connectivity index (χ2n) is 7.92. The number of hydrogen-bond acceptors (Lipinski definition) is 3. The molecule has 2 heterocycles. The van der Waals surface area contributed by atoms with Gasteiger partial charge in [-0.05, 0) is 71.9 Å². The molecular formula is C23H24BrN3. The van der Waals surface area contributed by atoms with Crippen LogP contribution < -0.4 is 10.2 Å². The minimum absolute atomic E-state index is 0.460. The third kappa shape index (κ3) is 3.43. The lowest BCUT2D eigenvalue weighted by Gasteiger charge is -2.21. The van der Waals surface area contributed by atoms with Gasteiger partial charge in [0.05, 0.1) is 5.52 Å². The lowest BCUT2D eigenvalue weighted by molar-refractivity contribution is 0.807. The normalized spacial score (nSPS) is 19.6. The zero-order valence-corrected chi connectivity index (χ0v) is 17.2. The maximum Gasteiger partial charge on any atom is 0.0868 e. The van der Waals surface area contributed by atoms with E-state index < -0.39 is 0 Å². The second kappa shape index (κ2) is 6.83. The number of nitrogens with zero attached hydrogens (tertiary/aromatic N) is 2. The van der Waals surface area contributed by atoms with E-state index in [1.165, 1.54) is 40.9 Å². The van der Waals surface area contributed by atoms with E-state index in [4.69, 9.17) is 4.98 Å². The molecule has 1 aromatic heterocycles. The highest BCUT2D eigenvalue weighted by molar-refractivity contribution is 9.10. The highest BCUT2D eigenvalue weighted by Gasteiger charge is 2.28. The molecule has 1 unspecified atom stereocenters. The maximum atomic E-state index is 4.95. The standard InChI is InChI=1S/C23H24BrN3/c1-15-4-2-5-18(12-15)27-11-10-17(14-27)25-22-13-21(16-8-9-16)26-23-19(22)6-3-7-20(23)24/h2-7,12-13,16-17H,8-11,14H2,1H3,(H,25,26). The average Bonchev–Trinajstić information content (AvgIpc) is 3.41. The molecule has 1 aliphatic heterocycles. The number of hydrogen-bond donors (Lipinski definition) is 1. The van der Waals surface area contributed by atoms with Crippen molar-refractivity contribution in [1.82, 2.24) is 4.98 Å². The largest absolute Gasteiger partial charge is 0.380 e. The van der Waals surface area contributed by atoms with Crippen molar-refractivity contribution in [3.63, 3.8) is 0 Å². The molecule has 3 aromatic rings. The molecule has 0 amide bonds. The van der Waals surface area contributed by atoms with E-state index in [0.717, 1.165) is 29.5 Å². The van der Waals surface area contributed by atoms with Crippen molar-refractivity contribution in [2.45, 2.75) is 38.1 Å². The Morgan fingerprint density at radius 3 is 2.74 bits per heavy atom. The minimum atomic E-state index is 0.460. The fourth-order valence-corrected chi connectivity index (χ4v) is 4.55. The van der Waals surface area contributed by atoms with E-state index in [1.807, 2.05) is 0 Å². The van der Waals surface area contributed by atoms with Crippen molar-refractivity contribution in [3.8, 4) is 0 Å². The fraction of sp³-hybridized carbons (Fsp3) is 0.348. The van der Waals surface area contributed by atoms with Gasteiger partial charge in [-0.3, -0.25) is 4.98 Å². The number of rotatable bonds is 4. The topological polar surface area (TPSA) is 28.2 Å². The molecule has 27 heavy (non-hydrogen) atoms. The maximum absolute atomic E-state index is 4.95. The second-order valence-corrected chi connectivity index (χ2v) is 8.77. The van der Waals surface area contributed by atoms with Crippen molar-refractivity contribution in [2.75, 3.05) is 23.3 Å². The summed E-state index contributed by atoms with van der Waals surface area (Å²) >= 11 is 3.70. The fourth-order valence-electron chi connectivity index (χ4n) is 4.10. The Bertz CT molecular complexity index is 996. The summed E-state index contributed by atoms with van der Waals surface area (Å²) in [5, 5.41) is 5.06. The summed E-state index contributed by atoms with van der Waals surface area (Å²) in [6.45, 7) is 4.30. The van der Waals surface area contributed by atoms with E-state index in [-0.39, 0.29) is 0 Å². The molecule has 138 valence electrons. The van der Waals surface area contributed by atoms with Crippen molar-refractivity contribution in [2.24, 2.45) is 0 Å². The number of aryl methyl sites for hydroxylation is 1. The van der Waals surface area contributed by atoms with Crippen molar-refractivity contribution in [3.05, 3.63) is 64.3 Å². The Labute approximate surface area is 168 Å². The Morgan fingerprint density at radius 1 is 1.07 bits per heavy atom. The Balaban J connectivity index is 1.42. The van der Waals surface area contributed by atoms with Crippen LogP contribution >= 0.6 is 15.9 Å². The summed E-state index contributed by atoms with van der Waals surface area (Å²) in [6.07, 6.45) is 3.70. The molecule has 0 radical (unpaired) electrons. The molecule has 2 aliphatic rings. The van der Waals surface area contributed by atoms with Crippen molar-refractivity contribution < 1.29 is 0 Å². The summed E-state index contributed by atoms with van der Waals surface area (Å²) in [6, 6.07) is 17.9. The molecule has 1 aliphatic carbocycles. The van der Waals surface area contributed by atoms with E-state index in [2.05, 4.69) is 81.6 Å². The van der Waals surface area contributed by atoms with Crippen LogP contribution in [0.15, 0.2) is 53.0 Å². The Morgan fingerprint density at radius 2 is 1.93 bits per heavy atom. The molecule has 1 saturated carbocycles. The number of benzene rings is 2. The summed E-state index contributed by atoms with van der Waals surface area (Å²) in [5.74, 6) is 0.648. The number of pyridine rings is 1. The number of para-hydroxylation sites is 1. The van der Waals surface area contributed by atoms with Crippen LogP contribution in [0.1, 0.15) is 36.4 Å². The first-order valence-corrected chi connectivity index (χ1v) is 10.6. The van der Waals surface area contributed by atoms with Crippen LogP contribution in [0.5, 0.6) is 0 Å². The van der Waals surface area contributed by atoms with Gasteiger partial charge in [-0.1, -0.05) is 24.3 Å². The van der Waals surface area contributed by atoms with Crippen molar-refractivity contribution in [1.29, 1.82) is 0 Å². The molecule has 1 saturated heterocycles. The van der Waals surface area contributed by atoms with Gasteiger partial charge in [0.2, 0.25) is 0 Å². The first-order chi connectivity index (χ1) is 13.2. The van der Waals surface area contributed by atoms with Crippen LogP contribution in [0.3, 0.4) is 0 Å². The van der Waals surface area contributed by atoms with Gasteiger partial charge in [0.1, 0.15) is 0 Å². The van der Waals surface area contributed by atoms with Crippen LogP contribution in [-0.4, -0.2) is 24.1 Å². The third-order valence-corrected chi connectivity index (χ3v) is 6.36. The molecule has 2 aromatic carbocycles. The van der Waals surface area contributed by atoms with Crippen LogP contribution in [-0.2, 0) is 0 Å².